The van der Waals surface area contributed by atoms with Crippen LogP contribution in [0.3, 0.4) is 0 Å². The minimum absolute atomic E-state index is 0.0658. The third kappa shape index (κ3) is 3.87. The summed E-state index contributed by atoms with van der Waals surface area (Å²) in [6, 6.07) is 5.21. The summed E-state index contributed by atoms with van der Waals surface area (Å²) in [7, 11) is 0. The Bertz CT molecular complexity index is 474. The number of ether oxygens (including phenoxy) is 1. The number of hydrogen-bond donors (Lipinski definition) is 3. The summed E-state index contributed by atoms with van der Waals surface area (Å²) >= 11 is 0. The molecule has 0 saturated carbocycles. The number of phenolic OH excluding ortho intramolecular Hbond substituents is 1. The second kappa shape index (κ2) is 6.61. The number of hydrogen-bond acceptors (Lipinski definition) is 4. The van der Waals surface area contributed by atoms with Crippen molar-refractivity contribution in [3.05, 3.63) is 23.8 Å². The highest BCUT2D eigenvalue weighted by Gasteiger charge is 2.23. The van der Waals surface area contributed by atoms with Crippen molar-refractivity contribution in [3.63, 3.8) is 0 Å². The zero-order valence-electron chi connectivity index (χ0n) is 12.0. The van der Waals surface area contributed by atoms with E-state index in [1.54, 1.807) is 12.1 Å². The molecule has 1 aromatic rings. The molecule has 3 N–H and O–H groups in total. The standard InChI is InChI=1S/C15H22N2O3/c1-10(2)8-17-15(19)5-6-16-13-9-20-14-7-11(18)3-4-12(13)14/h3-4,7,10,13,16,18H,5-6,8-9H2,1-2H3,(H,17,19). The molecule has 2 rings (SSSR count). The average Bonchev–Trinajstić information content (AvgIpc) is 2.79. The Hall–Kier alpha value is -1.75. The van der Waals surface area contributed by atoms with E-state index in [0.29, 0.717) is 37.8 Å². The molecule has 1 aliphatic rings. The summed E-state index contributed by atoms with van der Waals surface area (Å²) in [5.74, 6) is 1.45. The quantitative estimate of drug-likeness (QED) is 0.739. The topological polar surface area (TPSA) is 70.6 Å². The van der Waals surface area contributed by atoms with E-state index in [1.807, 2.05) is 6.07 Å². The molecule has 1 heterocycles. The average molecular weight is 278 g/mol. The van der Waals surface area contributed by atoms with Crippen LogP contribution < -0.4 is 15.4 Å². The molecule has 0 spiro atoms. The molecule has 20 heavy (non-hydrogen) atoms. The van der Waals surface area contributed by atoms with Gasteiger partial charge in [0.25, 0.3) is 0 Å². The molecule has 0 fully saturated rings. The summed E-state index contributed by atoms with van der Waals surface area (Å²) in [6.07, 6.45) is 0.455. The van der Waals surface area contributed by atoms with Gasteiger partial charge in [0.2, 0.25) is 5.91 Å². The zero-order chi connectivity index (χ0) is 14.5. The molecule has 1 aromatic carbocycles. The van der Waals surface area contributed by atoms with Crippen molar-refractivity contribution < 1.29 is 14.6 Å². The molecule has 0 saturated heterocycles. The van der Waals surface area contributed by atoms with Crippen molar-refractivity contribution in [1.29, 1.82) is 0 Å². The van der Waals surface area contributed by atoms with Crippen molar-refractivity contribution >= 4 is 5.91 Å². The van der Waals surface area contributed by atoms with Gasteiger partial charge < -0.3 is 20.5 Å². The fourth-order valence-electron chi connectivity index (χ4n) is 2.13. The van der Waals surface area contributed by atoms with E-state index < -0.39 is 0 Å². The van der Waals surface area contributed by atoms with Crippen LogP contribution in [0.2, 0.25) is 0 Å². The molecule has 1 atom stereocenters. The maximum absolute atomic E-state index is 11.6. The normalized spacial score (nSPS) is 16.9. The minimum atomic E-state index is 0.0658. The summed E-state index contributed by atoms with van der Waals surface area (Å²) in [4.78, 5) is 11.6. The van der Waals surface area contributed by atoms with E-state index in [1.165, 1.54) is 0 Å². The lowest BCUT2D eigenvalue weighted by Gasteiger charge is -2.12. The fraction of sp³-hybridized carbons (Fsp3) is 0.533. The van der Waals surface area contributed by atoms with Gasteiger partial charge in [0.05, 0.1) is 6.04 Å². The minimum Gasteiger partial charge on any atom is -0.508 e. The molecule has 0 bridgehead atoms. The van der Waals surface area contributed by atoms with Gasteiger partial charge in [-0.15, -0.1) is 0 Å². The predicted octanol–water partition coefficient (Wildman–Crippen LogP) is 1.58. The zero-order valence-corrected chi connectivity index (χ0v) is 12.0. The number of fused-ring (bicyclic) bond motifs is 1. The monoisotopic (exact) mass is 278 g/mol. The number of carbonyl (C=O) groups is 1. The van der Waals surface area contributed by atoms with Crippen LogP contribution in [0.5, 0.6) is 11.5 Å². The Morgan fingerprint density at radius 1 is 1.50 bits per heavy atom. The number of aromatic hydroxyl groups is 1. The number of nitrogens with one attached hydrogen (secondary N) is 2. The predicted molar refractivity (Wildman–Crippen MR) is 76.8 cm³/mol. The Balaban J connectivity index is 1.75. The molecule has 5 heteroatoms. The van der Waals surface area contributed by atoms with Gasteiger partial charge in [-0.2, -0.15) is 0 Å². The van der Waals surface area contributed by atoms with Gasteiger partial charge >= 0.3 is 0 Å². The third-order valence-electron chi connectivity index (χ3n) is 3.23. The van der Waals surface area contributed by atoms with Gasteiger partial charge in [-0.1, -0.05) is 13.8 Å². The van der Waals surface area contributed by atoms with Crippen molar-refractivity contribution in [2.24, 2.45) is 5.92 Å². The van der Waals surface area contributed by atoms with Crippen molar-refractivity contribution in [3.8, 4) is 11.5 Å². The maximum atomic E-state index is 11.6. The van der Waals surface area contributed by atoms with Gasteiger partial charge in [-0.3, -0.25) is 4.79 Å². The smallest absolute Gasteiger partial charge is 0.221 e. The molecular formula is C15H22N2O3. The van der Waals surface area contributed by atoms with E-state index in [-0.39, 0.29) is 17.7 Å². The van der Waals surface area contributed by atoms with Gasteiger partial charge in [-0.25, -0.2) is 0 Å². The summed E-state index contributed by atoms with van der Waals surface area (Å²) in [5, 5.41) is 15.6. The van der Waals surface area contributed by atoms with E-state index in [9.17, 15) is 9.90 Å². The molecule has 1 aliphatic heterocycles. The van der Waals surface area contributed by atoms with Crippen LogP contribution in [0.4, 0.5) is 0 Å². The highest BCUT2D eigenvalue weighted by Crippen LogP contribution is 2.34. The molecule has 0 aliphatic carbocycles. The second-order valence-corrected chi connectivity index (χ2v) is 5.49. The molecule has 1 unspecified atom stereocenters. The first-order valence-corrected chi connectivity index (χ1v) is 7.02. The van der Waals surface area contributed by atoms with Gasteiger partial charge in [0.1, 0.15) is 18.1 Å². The van der Waals surface area contributed by atoms with Crippen LogP contribution >= 0.6 is 0 Å². The van der Waals surface area contributed by atoms with Crippen LogP contribution in [-0.2, 0) is 4.79 Å². The van der Waals surface area contributed by atoms with E-state index in [2.05, 4.69) is 24.5 Å². The highest BCUT2D eigenvalue weighted by atomic mass is 16.5. The summed E-state index contributed by atoms with van der Waals surface area (Å²) < 4.78 is 5.51. The van der Waals surface area contributed by atoms with Crippen molar-refractivity contribution in [2.45, 2.75) is 26.3 Å². The van der Waals surface area contributed by atoms with Crippen LogP contribution in [0.15, 0.2) is 18.2 Å². The highest BCUT2D eigenvalue weighted by molar-refractivity contribution is 5.76. The molecule has 0 aromatic heterocycles. The lowest BCUT2D eigenvalue weighted by molar-refractivity contribution is -0.121. The van der Waals surface area contributed by atoms with E-state index >= 15 is 0 Å². The maximum Gasteiger partial charge on any atom is 0.221 e. The van der Waals surface area contributed by atoms with Gasteiger partial charge in [0, 0.05) is 31.1 Å². The van der Waals surface area contributed by atoms with Crippen LogP contribution in [0, 0.1) is 5.92 Å². The number of amides is 1. The van der Waals surface area contributed by atoms with E-state index in [0.717, 1.165) is 5.56 Å². The first-order valence-electron chi connectivity index (χ1n) is 7.02. The second-order valence-electron chi connectivity index (χ2n) is 5.49. The van der Waals surface area contributed by atoms with Crippen LogP contribution in [0.1, 0.15) is 31.9 Å². The number of phenols is 1. The van der Waals surface area contributed by atoms with E-state index in [4.69, 9.17) is 4.74 Å². The lowest BCUT2D eigenvalue weighted by Crippen LogP contribution is -2.31. The molecule has 5 nitrogen and oxygen atoms in total. The lowest BCUT2D eigenvalue weighted by atomic mass is 10.1. The van der Waals surface area contributed by atoms with Crippen molar-refractivity contribution in [2.75, 3.05) is 19.7 Å². The molecular weight excluding hydrogens is 256 g/mol. The first-order chi connectivity index (χ1) is 9.56. The summed E-state index contributed by atoms with van der Waals surface area (Å²) in [6.45, 7) is 6.00. The fourth-order valence-corrected chi connectivity index (χ4v) is 2.13. The number of rotatable bonds is 6. The van der Waals surface area contributed by atoms with Crippen LogP contribution in [-0.4, -0.2) is 30.7 Å². The molecule has 1 amide bonds. The molecule has 0 radical (unpaired) electrons. The van der Waals surface area contributed by atoms with Gasteiger partial charge in [0.15, 0.2) is 0 Å². The number of carbonyl (C=O) groups excluding carboxylic acids is 1. The largest absolute Gasteiger partial charge is 0.508 e. The Morgan fingerprint density at radius 3 is 3.05 bits per heavy atom. The summed E-state index contributed by atoms with van der Waals surface area (Å²) in [5.41, 5.74) is 1.03. The number of benzene rings is 1. The Kier molecular flexibility index (Phi) is 4.84. The van der Waals surface area contributed by atoms with Crippen molar-refractivity contribution in [1.82, 2.24) is 10.6 Å². The Morgan fingerprint density at radius 2 is 2.30 bits per heavy atom. The Labute approximate surface area is 119 Å². The first kappa shape index (κ1) is 14.7. The van der Waals surface area contributed by atoms with Gasteiger partial charge in [-0.05, 0) is 18.1 Å². The molecule has 110 valence electrons. The van der Waals surface area contributed by atoms with Crippen LogP contribution in [0.25, 0.3) is 0 Å². The third-order valence-corrected chi connectivity index (χ3v) is 3.23. The SMILES string of the molecule is CC(C)CNC(=O)CCNC1COc2cc(O)ccc21.